The minimum Gasteiger partial charge on any atom is -0.490 e. The molecule has 3 aromatic carbocycles. The molecule has 1 atom stereocenters. The zero-order chi connectivity index (χ0) is 32.0. The van der Waals surface area contributed by atoms with Crippen LogP contribution in [0.25, 0.3) is 0 Å². The molecule has 5 rings (SSSR count). The smallest absolute Gasteiger partial charge is 0.254 e. The molecule has 1 saturated heterocycles. The molecule has 0 aromatic heterocycles. The average molecular weight is 613 g/mol. The molecule has 2 N–H and O–H groups in total. The Kier molecular flexibility index (Phi) is 10.1. The number of ether oxygens (including phenoxy) is 3. The average Bonchev–Trinajstić information content (AvgIpc) is 3.34. The highest BCUT2D eigenvalue weighted by molar-refractivity contribution is 6.07. The third kappa shape index (κ3) is 6.83. The molecule has 2 aliphatic rings. The van der Waals surface area contributed by atoms with Crippen LogP contribution in [0.15, 0.2) is 71.8 Å². The molecular weight excluding hydrogens is 568 g/mol. The van der Waals surface area contributed by atoms with Crippen LogP contribution in [0.4, 0.5) is 0 Å². The highest BCUT2D eigenvalue weighted by atomic mass is 16.5. The number of aldehydes is 1. The number of likely N-dealkylation sites (tertiary alicyclic amines) is 1. The second-order valence-electron chi connectivity index (χ2n) is 12.0. The van der Waals surface area contributed by atoms with Gasteiger partial charge in [-0.3, -0.25) is 9.80 Å². The minimum absolute atomic E-state index is 0.0182. The molecule has 2 heterocycles. The van der Waals surface area contributed by atoms with Crippen LogP contribution in [-0.4, -0.2) is 66.2 Å². The third-order valence-corrected chi connectivity index (χ3v) is 8.70. The van der Waals surface area contributed by atoms with Crippen molar-refractivity contribution in [3.05, 3.63) is 89.0 Å². The second kappa shape index (κ2) is 14.2. The first-order valence-electron chi connectivity index (χ1n) is 15.8. The fourth-order valence-corrected chi connectivity index (χ4v) is 6.21. The van der Waals surface area contributed by atoms with Crippen molar-refractivity contribution < 1.29 is 23.8 Å². The van der Waals surface area contributed by atoms with E-state index in [1.165, 1.54) is 0 Å². The van der Waals surface area contributed by atoms with Crippen molar-refractivity contribution >= 4 is 17.9 Å². The molecule has 0 aliphatic carbocycles. The van der Waals surface area contributed by atoms with Gasteiger partial charge in [0, 0.05) is 36.2 Å². The number of amides is 1. The van der Waals surface area contributed by atoms with E-state index in [9.17, 15) is 9.59 Å². The van der Waals surface area contributed by atoms with E-state index in [0.717, 1.165) is 28.7 Å². The number of hydrazone groups is 1. The van der Waals surface area contributed by atoms with Gasteiger partial charge in [-0.25, -0.2) is 0 Å². The van der Waals surface area contributed by atoms with Gasteiger partial charge in [-0.15, -0.1) is 0 Å². The van der Waals surface area contributed by atoms with Crippen LogP contribution in [0.3, 0.4) is 0 Å². The van der Waals surface area contributed by atoms with Crippen LogP contribution in [0.2, 0.25) is 0 Å². The molecule has 1 unspecified atom stereocenters. The van der Waals surface area contributed by atoms with Crippen molar-refractivity contribution in [2.24, 2.45) is 16.3 Å². The third-order valence-electron chi connectivity index (χ3n) is 8.70. The topological polar surface area (TPSA) is 107 Å². The summed E-state index contributed by atoms with van der Waals surface area (Å²) in [6.07, 6.45) is 2.39. The van der Waals surface area contributed by atoms with Gasteiger partial charge in [0.05, 0.1) is 25.0 Å². The van der Waals surface area contributed by atoms with E-state index >= 15 is 0 Å². The molecule has 9 nitrogen and oxygen atoms in total. The molecule has 2 aliphatic heterocycles. The van der Waals surface area contributed by atoms with Crippen LogP contribution in [0.5, 0.6) is 17.2 Å². The summed E-state index contributed by atoms with van der Waals surface area (Å²) in [6, 6.07) is 20.9. The maximum Gasteiger partial charge on any atom is 0.254 e. The fourth-order valence-electron chi connectivity index (χ4n) is 6.21. The van der Waals surface area contributed by atoms with Gasteiger partial charge in [-0.2, -0.15) is 5.10 Å². The van der Waals surface area contributed by atoms with E-state index < -0.39 is 11.5 Å². The number of piperidine rings is 1. The molecule has 1 fully saturated rings. The summed E-state index contributed by atoms with van der Waals surface area (Å²) < 4.78 is 17.6. The Bertz CT molecular complexity index is 1520. The number of carbonyl (C=O) groups excluding carboxylic acids is 2. The van der Waals surface area contributed by atoms with Crippen LogP contribution in [0, 0.1) is 5.41 Å². The molecule has 1 amide bonds. The van der Waals surface area contributed by atoms with Gasteiger partial charge >= 0.3 is 0 Å². The van der Waals surface area contributed by atoms with E-state index in [1.807, 2.05) is 84.4 Å². The fraction of sp³-hybridized carbons (Fsp3) is 0.417. The molecule has 0 radical (unpaired) electrons. The summed E-state index contributed by atoms with van der Waals surface area (Å²) in [5.74, 6) is 1.92. The highest BCUT2D eigenvalue weighted by Gasteiger charge is 2.47. The van der Waals surface area contributed by atoms with Gasteiger partial charge in [-0.1, -0.05) is 50.2 Å². The van der Waals surface area contributed by atoms with E-state index in [4.69, 9.17) is 25.0 Å². The monoisotopic (exact) mass is 612 g/mol. The van der Waals surface area contributed by atoms with Crippen molar-refractivity contribution in [2.75, 3.05) is 26.3 Å². The minimum atomic E-state index is -0.526. The number of nitrogens with two attached hydrogens (primary N) is 1. The summed E-state index contributed by atoms with van der Waals surface area (Å²) >= 11 is 0. The SMILES string of the molecule is CCOc1ccc(C2=NN(C3CCN(C(=O)c4cc(OCc5ccccc5)ccc4CN)CC3)C(C=O)C2(C)C)cc1OCC. The number of rotatable bonds is 12. The summed E-state index contributed by atoms with van der Waals surface area (Å²) in [7, 11) is 0. The lowest BCUT2D eigenvalue weighted by Crippen LogP contribution is -2.50. The van der Waals surface area contributed by atoms with Crippen molar-refractivity contribution in [1.29, 1.82) is 0 Å². The first kappa shape index (κ1) is 32.0. The summed E-state index contributed by atoms with van der Waals surface area (Å²) in [5, 5.41) is 7.02. The Morgan fingerprint density at radius 1 is 0.956 bits per heavy atom. The first-order valence-corrected chi connectivity index (χ1v) is 15.8. The molecule has 45 heavy (non-hydrogen) atoms. The van der Waals surface area contributed by atoms with Gasteiger partial charge in [-0.05, 0) is 68.1 Å². The van der Waals surface area contributed by atoms with E-state index in [2.05, 4.69) is 13.8 Å². The second-order valence-corrected chi connectivity index (χ2v) is 12.0. The molecule has 3 aromatic rings. The van der Waals surface area contributed by atoms with Gasteiger partial charge in [0.1, 0.15) is 24.7 Å². The van der Waals surface area contributed by atoms with E-state index in [0.29, 0.717) is 68.6 Å². The van der Waals surface area contributed by atoms with Crippen LogP contribution in [-0.2, 0) is 17.9 Å². The molecule has 0 spiro atoms. The summed E-state index contributed by atoms with van der Waals surface area (Å²) in [6.45, 7) is 10.8. The Labute approximate surface area is 265 Å². The summed E-state index contributed by atoms with van der Waals surface area (Å²) in [4.78, 5) is 28.1. The Hall–Kier alpha value is -4.37. The summed E-state index contributed by atoms with van der Waals surface area (Å²) in [5.41, 5.74) is 9.64. The number of hydrogen-bond acceptors (Lipinski definition) is 8. The zero-order valence-electron chi connectivity index (χ0n) is 26.7. The van der Waals surface area contributed by atoms with Crippen molar-refractivity contribution in [2.45, 2.75) is 65.8 Å². The molecule has 9 heteroatoms. The number of carbonyl (C=O) groups is 2. The van der Waals surface area contributed by atoms with Crippen molar-refractivity contribution in [1.82, 2.24) is 9.91 Å². The lowest BCUT2D eigenvalue weighted by atomic mass is 9.78. The van der Waals surface area contributed by atoms with Crippen LogP contribution < -0.4 is 19.9 Å². The van der Waals surface area contributed by atoms with Crippen molar-refractivity contribution in [3.8, 4) is 17.2 Å². The predicted octanol–water partition coefficient (Wildman–Crippen LogP) is 5.44. The largest absolute Gasteiger partial charge is 0.490 e. The van der Waals surface area contributed by atoms with Gasteiger partial charge in [0.15, 0.2) is 11.5 Å². The van der Waals surface area contributed by atoms with Gasteiger partial charge in [0.2, 0.25) is 0 Å². The normalized spacial score (nSPS) is 18.0. The Morgan fingerprint density at radius 2 is 1.67 bits per heavy atom. The maximum atomic E-state index is 13.7. The van der Waals surface area contributed by atoms with Crippen LogP contribution >= 0.6 is 0 Å². The Balaban J connectivity index is 1.30. The lowest BCUT2D eigenvalue weighted by molar-refractivity contribution is -0.115. The van der Waals surface area contributed by atoms with Gasteiger partial charge in [0.25, 0.3) is 5.91 Å². The molecule has 0 bridgehead atoms. The number of hydrogen-bond donors (Lipinski definition) is 1. The quantitative estimate of drug-likeness (QED) is 0.272. The molecule has 0 saturated carbocycles. The van der Waals surface area contributed by atoms with Gasteiger partial charge < -0.3 is 29.6 Å². The Morgan fingerprint density at radius 3 is 2.33 bits per heavy atom. The zero-order valence-corrected chi connectivity index (χ0v) is 26.7. The lowest BCUT2D eigenvalue weighted by Gasteiger charge is -2.39. The van der Waals surface area contributed by atoms with E-state index in [-0.39, 0.29) is 18.5 Å². The first-order chi connectivity index (χ1) is 21.8. The standard InChI is InChI=1S/C36H44N4O5/c1-5-43-31-15-13-26(20-32(31)44-6-2)34-36(3,4)33(23-41)40(38-34)28-16-18-39(19-17-28)35(42)30-21-29(14-12-27(30)22-37)45-24-25-10-8-7-9-11-25/h7-15,20-21,23,28,33H,5-6,16-19,22,24,37H2,1-4H3. The van der Waals surface area contributed by atoms with Crippen LogP contribution in [0.1, 0.15) is 67.6 Å². The predicted molar refractivity (Wildman–Crippen MR) is 175 cm³/mol. The number of benzene rings is 3. The molecule has 238 valence electrons. The van der Waals surface area contributed by atoms with Crippen molar-refractivity contribution in [3.63, 3.8) is 0 Å². The molecular formula is C36H44N4O5. The highest BCUT2D eigenvalue weighted by Crippen LogP contribution is 2.40. The maximum absolute atomic E-state index is 13.7. The van der Waals surface area contributed by atoms with E-state index in [1.54, 1.807) is 6.07 Å². The number of nitrogens with zero attached hydrogens (tertiary/aromatic N) is 3.